The molecule has 0 aliphatic carbocycles. The predicted molar refractivity (Wildman–Crippen MR) is 188 cm³/mol. The molecule has 0 amide bonds. The Labute approximate surface area is 275 Å². The van der Waals surface area contributed by atoms with E-state index in [0.717, 1.165) is 6.61 Å². The summed E-state index contributed by atoms with van der Waals surface area (Å²) in [6.07, 6.45) is 38.4. The van der Waals surface area contributed by atoms with Gasteiger partial charge in [0.25, 0.3) is 0 Å². The third-order valence-corrected chi connectivity index (χ3v) is 9.32. The largest absolute Gasteiger partial charge is 0.397 e. The van der Waals surface area contributed by atoms with Crippen LogP contribution in [-0.4, -0.2) is 45.5 Å². The Morgan fingerprint density at radius 2 is 0.841 bits per heavy atom. The molecule has 2 unspecified atom stereocenters. The summed E-state index contributed by atoms with van der Waals surface area (Å²) >= 11 is 0. The first kappa shape index (κ1) is 43.8. The van der Waals surface area contributed by atoms with Gasteiger partial charge in [-0.25, -0.2) is 4.18 Å². The van der Waals surface area contributed by atoms with E-state index < -0.39 is 10.4 Å². The summed E-state index contributed by atoms with van der Waals surface area (Å²) in [6.45, 7) is 7.65. The van der Waals surface area contributed by atoms with E-state index in [4.69, 9.17) is 14.0 Å². The minimum atomic E-state index is -4.41. The minimum Gasteiger partial charge on any atom is -0.378 e. The summed E-state index contributed by atoms with van der Waals surface area (Å²) in [5.41, 5.74) is 0. The van der Waals surface area contributed by atoms with Crippen LogP contribution in [0.15, 0.2) is 0 Å². The second-order valence-corrected chi connectivity index (χ2v) is 14.5. The zero-order valence-corrected chi connectivity index (χ0v) is 30.5. The maximum Gasteiger partial charge on any atom is 0.397 e. The van der Waals surface area contributed by atoms with Crippen molar-refractivity contribution in [1.82, 2.24) is 0 Å². The van der Waals surface area contributed by atoms with Gasteiger partial charge in [-0.15, -0.1) is 0 Å². The molecule has 0 heterocycles. The van der Waals surface area contributed by atoms with Crippen molar-refractivity contribution in [3.05, 3.63) is 0 Å². The fourth-order valence-electron chi connectivity index (χ4n) is 6.05. The molecule has 0 rings (SSSR count). The van der Waals surface area contributed by atoms with E-state index in [0.29, 0.717) is 12.5 Å². The average molecular weight is 649 g/mol. The third-order valence-electron chi connectivity index (χ3n) is 8.86. The molecule has 0 aliphatic rings. The molecule has 0 aromatic rings. The van der Waals surface area contributed by atoms with Gasteiger partial charge in [-0.2, -0.15) is 8.42 Å². The molecule has 0 fully saturated rings. The van der Waals surface area contributed by atoms with Crippen LogP contribution in [0.4, 0.5) is 0 Å². The number of hydrogen-bond acceptors (Lipinski definition) is 5. The average Bonchev–Trinajstić information content (AvgIpc) is 2.99. The van der Waals surface area contributed by atoms with Crippen LogP contribution in [-0.2, 0) is 24.1 Å². The Kier molecular flexibility index (Phi) is 34.0. The van der Waals surface area contributed by atoms with E-state index in [1.807, 2.05) is 6.92 Å². The van der Waals surface area contributed by atoms with Crippen molar-refractivity contribution < 1.29 is 26.6 Å². The molecule has 0 bridgehead atoms. The second-order valence-electron chi connectivity index (χ2n) is 13.4. The highest BCUT2D eigenvalue weighted by molar-refractivity contribution is 7.80. The summed E-state index contributed by atoms with van der Waals surface area (Å²) in [7, 11) is -4.41. The van der Waals surface area contributed by atoms with Crippen molar-refractivity contribution in [1.29, 1.82) is 0 Å². The van der Waals surface area contributed by atoms with Gasteiger partial charge in [0.05, 0.1) is 25.9 Å². The molecular weight excluding hydrogens is 572 g/mol. The van der Waals surface area contributed by atoms with E-state index in [9.17, 15) is 8.42 Å². The monoisotopic (exact) mass is 649 g/mol. The zero-order chi connectivity index (χ0) is 32.4. The van der Waals surface area contributed by atoms with Gasteiger partial charge in [-0.1, -0.05) is 181 Å². The second kappa shape index (κ2) is 34.1. The van der Waals surface area contributed by atoms with E-state index in [1.54, 1.807) is 0 Å². The molecule has 0 radical (unpaired) electrons. The summed E-state index contributed by atoms with van der Waals surface area (Å²) in [6, 6.07) is 0. The zero-order valence-electron chi connectivity index (χ0n) is 29.7. The lowest BCUT2D eigenvalue weighted by molar-refractivity contribution is -0.0251. The van der Waals surface area contributed by atoms with Crippen LogP contribution in [0.5, 0.6) is 0 Å². The van der Waals surface area contributed by atoms with Crippen molar-refractivity contribution in [2.24, 2.45) is 5.92 Å². The fourth-order valence-corrected chi connectivity index (χ4v) is 6.33. The first-order valence-electron chi connectivity index (χ1n) is 19.2. The normalized spacial score (nSPS) is 13.5. The molecule has 0 saturated carbocycles. The highest BCUT2D eigenvalue weighted by Gasteiger charge is 2.12. The topological polar surface area (TPSA) is 82.1 Å². The van der Waals surface area contributed by atoms with Crippen molar-refractivity contribution in [2.45, 2.75) is 207 Å². The van der Waals surface area contributed by atoms with Gasteiger partial charge in [0.2, 0.25) is 0 Å². The Morgan fingerprint density at radius 1 is 0.500 bits per heavy atom. The molecule has 0 aromatic carbocycles. The van der Waals surface area contributed by atoms with Crippen LogP contribution in [0.3, 0.4) is 0 Å². The fraction of sp³-hybridized carbons (Fsp3) is 1.00. The Bertz CT molecular complexity index is 656. The minimum absolute atomic E-state index is 0.103. The summed E-state index contributed by atoms with van der Waals surface area (Å²) in [5.74, 6) is 0.602. The quantitative estimate of drug-likeness (QED) is 0.0533. The van der Waals surface area contributed by atoms with Gasteiger partial charge in [0.15, 0.2) is 0 Å². The van der Waals surface area contributed by atoms with Gasteiger partial charge in [0.1, 0.15) is 0 Å². The first-order chi connectivity index (χ1) is 21.4. The van der Waals surface area contributed by atoms with Crippen LogP contribution in [0.1, 0.15) is 201 Å². The molecule has 266 valence electrons. The summed E-state index contributed by atoms with van der Waals surface area (Å²) in [4.78, 5) is 0. The highest BCUT2D eigenvalue weighted by Crippen LogP contribution is 2.21. The third kappa shape index (κ3) is 36.3. The Morgan fingerprint density at radius 3 is 1.18 bits per heavy atom. The van der Waals surface area contributed by atoms with Gasteiger partial charge in [-0.3, -0.25) is 4.55 Å². The molecule has 0 saturated heterocycles. The van der Waals surface area contributed by atoms with Gasteiger partial charge in [-0.05, 0) is 25.7 Å². The number of ether oxygens (including phenoxy) is 2. The standard InChI is InChI=1S/C37H76O6S/c1-4-6-8-10-12-14-16-18-19-21-23-25-27-29-31-37(35-41-34-36(3)42-32-33-43-44(38,39)40)30-28-26-24-22-20-17-15-13-11-9-7-5-2/h36-37H,4-35H2,1-3H3,(H,38,39,40). The molecule has 0 spiro atoms. The smallest absolute Gasteiger partial charge is 0.378 e. The molecule has 2 atom stereocenters. The molecule has 0 aliphatic heterocycles. The number of hydrogen-bond donors (Lipinski definition) is 1. The highest BCUT2D eigenvalue weighted by atomic mass is 32.3. The van der Waals surface area contributed by atoms with Crippen LogP contribution < -0.4 is 0 Å². The van der Waals surface area contributed by atoms with Crippen LogP contribution in [0.2, 0.25) is 0 Å². The lowest BCUT2D eigenvalue weighted by Gasteiger charge is -2.19. The molecular formula is C37H76O6S. The van der Waals surface area contributed by atoms with Gasteiger partial charge < -0.3 is 9.47 Å². The van der Waals surface area contributed by atoms with Crippen LogP contribution >= 0.6 is 0 Å². The van der Waals surface area contributed by atoms with Crippen LogP contribution in [0, 0.1) is 5.92 Å². The molecule has 1 N–H and O–H groups in total. The van der Waals surface area contributed by atoms with Gasteiger partial charge in [0, 0.05) is 6.61 Å². The maximum atomic E-state index is 10.6. The lowest BCUT2D eigenvalue weighted by atomic mass is 9.94. The molecule has 44 heavy (non-hydrogen) atoms. The molecule has 0 aromatic heterocycles. The van der Waals surface area contributed by atoms with E-state index >= 15 is 0 Å². The number of rotatable bonds is 37. The molecule has 7 heteroatoms. The van der Waals surface area contributed by atoms with E-state index in [2.05, 4.69) is 18.0 Å². The maximum absolute atomic E-state index is 10.6. The van der Waals surface area contributed by atoms with Crippen LogP contribution in [0.25, 0.3) is 0 Å². The van der Waals surface area contributed by atoms with Crippen molar-refractivity contribution in [3.63, 3.8) is 0 Å². The Hall–Kier alpha value is -0.210. The summed E-state index contributed by atoms with van der Waals surface area (Å²) < 4.78 is 45.8. The predicted octanol–water partition coefficient (Wildman–Crippen LogP) is 11.8. The lowest BCUT2D eigenvalue weighted by Crippen LogP contribution is -2.21. The number of unbranched alkanes of at least 4 members (excludes halogenated alkanes) is 24. The summed E-state index contributed by atoms with van der Waals surface area (Å²) in [5, 5.41) is 0. The SMILES string of the molecule is CCCCCCCCCCCCCCCCC(CCCCCCCCCCCCCC)COCC(C)OCCOS(=O)(=O)O. The van der Waals surface area contributed by atoms with Crippen molar-refractivity contribution >= 4 is 10.4 Å². The van der Waals surface area contributed by atoms with Crippen molar-refractivity contribution in [2.75, 3.05) is 26.4 Å². The first-order valence-corrected chi connectivity index (χ1v) is 20.6. The Balaban J connectivity index is 4.04. The van der Waals surface area contributed by atoms with E-state index in [-0.39, 0.29) is 19.3 Å². The van der Waals surface area contributed by atoms with Gasteiger partial charge >= 0.3 is 10.4 Å². The van der Waals surface area contributed by atoms with E-state index in [1.165, 1.54) is 180 Å². The molecule has 6 nitrogen and oxygen atoms in total. The van der Waals surface area contributed by atoms with Crippen molar-refractivity contribution in [3.8, 4) is 0 Å².